The normalized spacial score (nSPS) is 35.1. The van der Waals surface area contributed by atoms with Crippen LogP contribution in [0.1, 0.15) is 37.7 Å². The van der Waals surface area contributed by atoms with Gasteiger partial charge in [-0.2, -0.15) is 0 Å². The summed E-state index contributed by atoms with van der Waals surface area (Å²) in [4.78, 5) is 28.8. The topological polar surface area (TPSA) is 40.6 Å². The summed E-state index contributed by atoms with van der Waals surface area (Å²) >= 11 is 0. The van der Waals surface area contributed by atoms with E-state index in [-0.39, 0.29) is 18.0 Å². The van der Waals surface area contributed by atoms with Crippen LogP contribution in [0.25, 0.3) is 0 Å². The zero-order valence-electron chi connectivity index (χ0n) is 12.3. The van der Waals surface area contributed by atoms with Gasteiger partial charge in [-0.25, -0.2) is 4.79 Å². The first-order valence-electron chi connectivity index (χ1n) is 7.83. The molecule has 2 heterocycles. The minimum atomic E-state index is -0.743. The Kier molecular flexibility index (Phi) is 2.65. The first-order chi connectivity index (χ1) is 10.2. The average Bonchev–Trinajstić information content (AvgIpc) is 2.97. The summed E-state index contributed by atoms with van der Waals surface area (Å²) in [6.07, 6.45) is 5.34. The zero-order chi connectivity index (χ0) is 14.6. The second-order valence-electron chi connectivity index (χ2n) is 6.56. The van der Waals surface area contributed by atoms with Crippen LogP contribution in [0.15, 0.2) is 30.3 Å². The van der Waals surface area contributed by atoms with Crippen molar-refractivity contribution >= 4 is 11.9 Å². The largest absolute Gasteiger partial charge is 0.327 e. The van der Waals surface area contributed by atoms with Crippen molar-refractivity contribution in [1.29, 1.82) is 0 Å². The molecule has 2 saturated heterocycles. The molecule has 0 bridgehead atoms. The molecule has 4 rings (SSSR count). The molecule has 1 aliphatic carbocycles. The number of fused-ring (bicyclic) bond motifs is 3. The summed E-state index contributed by atoms with van der Waals surface area (Å²) in [5, 5.41) is 0. The van der Waals surface area contributed by atoms with Gasteiger partial charge in [0.2, 0.25) is 0 Å². The van der Waals surface area contributed by atoms with Crippen LogP contribution in [0.5, 0.6) is 0 Å². The lowest BCUT2D eigenvalue weighted by Gasteiger charge is -2.33. The average molecular weight is 284 g/mol. The number of imide groups is 1. The quantitative estimate of drug-likeness (QED) is 0.744. The van der Waals surface area contributed by atoms with Crippen LogP contribution in [0.2, 0.25) is 0 Å². The summed E-state index contributed by atoms with van der Waals surface area (Å²) < 4.78 is 0. The van der Waals surface area contributed by atoms with Gasteiger partial charge in [-0.1, -0.05) is 43.2 Å². The van der Waals surface area contributed by atoms with Crippen LogP contribution in [0.4, 0.5) is 4.79 Å². The molecule has 21 heavy (non-hydrogen) atoms. The highest BCUT2D eigenvalue weighted by atomic mass is 16.2. The van der Waals surface area contributed by atoms with E-state index in [1.807, 2.05) is 35.2 Å². The molecular weight excluding hydrogens is 264 g/mol. The van der Waals surface area contributed by atoms with Gasteiger partial charge in [0.25, 0.3) is 5.91 Å². The number of carbonyl (C=O) groups excluding carboxylic acids is 2. The molecule has 4 heteroatoms. The number of hydrogen-bond acceptors (Lipinski definition) is 2. The highest BCUT2D eigenvalue weighted by molar-refractivity contribution is 6.07. The molecule has 3 aliphatic rings. The molecule has 3 amide bonds. The molecule has 2 aliphatic heterocycles. The van der Waals surface area contributed by atoms with Gasteiger partial charge in [0.15, 0.2) is 0 Å². The molecule has 1 aromatic carbocycles. The van der Waals surface area contributed by atoms with Crippen molar-refractivity contribution in [3.05, 3.63) is 35.9 Å². The number of hydrogen-bond donors (Lipinski definition) is 0. The predicted octanol–water partition coefficient (Wildman–Crippen LogP) is 2.74. The monoisotopic (exact) mass is 284 g/mol. The molecule has 0 N–H and O–H groups in total. The first kappa shape index (κ1) is 12.9. The second kappa shape index (κ2) is 4.33. The third kappa shape index (κ3) is 1.50. The highest BCUT2D eigenvalue weighted by Crippen LogP contribution is 2.54. The summed E-state index contributed by atoms with van der Waals surface area (Å²) in [7, 11) is 1.62. The van der Waals surface area contributed by atoms with Crippen molar-refractivity contribution in [1.82, 2.24) is 9.80 Å². The Balaban J connectivity index is 1.88. The van der Waals surface area contributed by atoms with Gasteiger partial charge in [-0.15, -0.1) is 0 Å². The second-order valence-corrected chi connectivity index (χ2v) is 6.56. The maximum absolute atomic E-state index is 12.9. The summed E-state index contributed by atoms with van der Waals surface area (Å²) in [6, 6.07) is 9.99. The van der Waals surface area contributed by atoms with Gasteiger partial charge in [0, 0.05) is 13.1 Å². The Morgan fingerprint density at radius 2 is 1.81 bits per heavy atom. The Bertz CT molecular complexity index is 600. The van der Waals surface area contributed by atoms with Gasteiger partial charge < -0.3 is 4.90 Å². The van der Waals surface area contributed by atoms with Crippen molar-refractivity contribution in [2.24, 2.45) is 5.92 Å². The van der Waals surface area contributed by atoms with E-state index in [9.17, 15) is 9.59 Å². The fraction of sp³-hybridized carbons (Fsp3) is 0.529. The van der Waals surface area contributed by atoms with E-state index in [0.29, 0.717) is 5.92 Å². The Morgan fingerprint density at radius 3 is 2.57 bits per heavy atom. The highest BCUT2D eigenvalue weighted by Gasteiger charge is 2.65. The molecule has 3 fully saturated rings. The number of carbonyl (C=O) groups is 2. The van der Waals surface area contributed by atoms with E-state index in [1.165, 1.54) is 11.3 Å². The van der Waals surface area contributed by atoms with Crippen molar-refractivity contribution in [2.75, 3.05) is 7.05 Å². The summed E-state index contributed by atoms with van der Waals surface area (Å²) in [5.74, 6) is 0.425. The van der Waals surface area contributed by atoms with E-state index in [4.69, 9.17) is 0 Å². The summed E-state index contributed by atoms with van der Waals surface area (Å²) in [5.41, 5.74) is 0.231. The standard InChI is InChI=1S/C17H20N2O2/c1-18-15(20)17(13-8-3-2-4-9-13)11-12-7-5-6-10-14(12)19(17)16(18)21/h2-4,8-9,12,14H,5-7,10-11H2,1H3/t12-,14-,17+/m0/s1. The third-order valence-corrected chi connectivity index (χ3v) is 5.57. The molecule has 0 radical (unpaired) electrons. The number of likely N-dealkylation sites (N-methyl/N-ethyl adjacent to an activating group) is 1. The number of nitrogens with zero attached hydrogens (tertiary/aromatic N) is 2. The van der Waals surface area contributed by atoms with Crippen molar-refractivity contribution in [3.63, 3.8) is 0 Å². The van der Waals surface area contributed by atoms with Crippen LogP contribution in [0.3, 0.4) is 0 Å². The zero-order valence-corrected chi connectivity index (χ0v) is 12.3. The Hall–Kier alpha value is -1.84. The fourth-order valence-electron chi connectivity index (χ4n) is 4.64. The van der Waals surface area contributed by atoms with Crippen LogP contribution >= 0.6 is 0 Å². The molecular formula is C17H20N2O2. The van der Waals surface area contributed by atoms with Gasteiger partial charge >= 0.3 is 6.03 Å². The van der Waals surface area contributed by atoms with E-state index in [1.54, 1.807) is 7.05 Å². The van der Waals surface area contributed by atoms with E-state index in [2.05, 4.69) is 0 Å². The number of benzene rings is 1. The Morgan fingerprint density at radius 1 is 1.10 bits per heavy atom. The lowest BCUT2D eigenvalue weighted by Crippen LogP contribution is -2.45. The molecule has 110 valence electrons. The lowest BCUT2D eigenvalue weighted by molar-refractivity contribution is -0.132. The van der Waals surface area contributed by atoms with Crippen LogP contribution in [-0.2, 0) is 10.3 Å². The predicted molar refractivity (Wildman–Crippen MR) is 78.5 cm³/mol. The maximum atomic E-state index is 12.9. The van der Waals surface area contributed by atoms with Gasteiger partial charge in [-0.05, 0) is 30.7 Å². The van der Waals surface area contributed by atoms with Crippen molar-refractivity contribution in [3.8, 4) is 0 Å². The lowest BCUT2D eigenvalue weighted by atomic mass is 9.80. The SMILES string of the molecule is CN1C(=O)N2[C@H]3CCCC[C@H]3C[C@@]2(c2ccccc2)C1=O. The molecule has 1 aromatic rings. The van der Waals surface area contributed by atoms with E-state index >= 15 is 0 Å². The van der Waals surface area contributed by atoms with Crippen LogP contribution in [-0.4, -0.2) is 34.8 Å². The molecule has 0 aromatic heterocycles. The number of urea groups is 1. The van der Waals surface area contributed by atoms with Crippen LogP contribution in [0, 0.1) is 5.92 Å². The summed E-state index contributed by atoms with van der Waals surface area (Å²) in [6.45, 7) is 0. The third-order valence-electron chi connectivity index (χ3n) is 5.57. The van der Waals surface area contributed by atoms with Gasteiger partial charge in [0.05, 0.1) is 0 Å². The fourth-order valence-corrected chi connectivity index (χ4v) is 4.64. The van der Waals surface area contributed by atoms with Crippen molar-refractivity contribution in [2.45, 2.75) is 43.7 Å². The Labute approximate surface area is 124 Å². The first-order valence-corrected chi connectivity index (χ1v) is 7.83. The van der Waals surface area contributed by atoms with Gasteiger partial charge in [0.1, 0.15) is 5.54 Å². The number of rotatable bonds is 1. The smallest absolute Gasteiger partial charge is 0.302 e. The molecule has 0 unspecified atom stereocenters. The minimum absolute atomic E-state index is 0.0481. The maximum Gasteiger partial charge on any atom is 0.327 e. The minimum Gasteiger partial charge on any atom is -0.302 e. The van der Waals surface area contributed by atoms with Crippen LogP contribution < -0.4 is 0 Å². The molecule has 4 nitrogen and oxygen atoms in total. The molecule has 3 atom stereocenters. The molecule has 0 spiro atoms. The number of amides is 3. The van der Waals surface area contributed by atoms with Gasteiger partial charge in [-0.3, -0.25) is 9.69 Å². The van der Waals surface area contributed by atoms with E-state index in [0.717, 1.165) is 31.2 Å². The molecule has 1 saturated carbocycles. The van der Waals surface area contributed by atoms with E-state index < -0.39 is 5.54 Å². The van der Waals surface area contributed by atoms with Crippen molar-refractivity contribution < 1.29 is 9.59 Å².